The van der Waals surface area contributed by atoms with Crippen molar-refractivity contribution in [2.75, 3.05) is 33.8 Å². The maximum absolute atomic E-state index is 12.4. The van der Waals surface area contributed by atoms with E-state index < -0.39 is 10.4 Å². The number of unbranched alkanes of at least 4 members (excludes halogenated alkanes) is 8. The lowest BCUT2D eigenvalue weighted by atomic mass is 10.0. The van der Waals surface area contributed by atoms with Crippen LogP contribution >= 0.6 is 0 Å². The van der Waals surface area contributed by atoms with E-state index in [4.69, 9.17) is 10.3 Å². The SMILES string of the molecule is CCCCCCCCCCCC(=O)C(C)[N+](C)(CC)CCN.COS(=O)(=O)O. The summed E-state index contributed by atoms with van der Waals surface area (Å²) in [7, 11) is -1.13. The number of carbonyl (C=O) groups excluding carboxylic acids is 1. The maximum atomic E-state index is 12.4. The van der Waals surface area contributed by atoms with E-state index in [0.717, 1.165) is 37.5 Å². The summed E-state index contributed by atoms with van der Waals surface area (Å²) in [5, 5.41) is 0. The molecule has 2 unspecified atom stereocenters. The Labute approximate surface area is 173 Å². The van der Waals surface area contributed by atoms with Crippen LogP contribution in [-0.2, 0) is 19.4 Å². The van der Waals surface area contributed by atoms with Crippen LogP contribution in [0.3, 0.4) is 0 Å². The zero-order chi connectivity index (χ0) is 22.1. The van der Waals surface area contributed by atoms with Crippen LogP contribution in [0.4, 0.5) is 0 Å². The molecule has 0 aromatic heterocycles. The lowest BCUT2D eigenvalue weighted by Crippen LogP contribution is -2.56. The molecule has 0 radical (unpaired) electrons. The summed E-state index contributed by atoms with van der Waals surface area (Å²) in [4.78, 5) is 12.4. The highest BCUT2D eigenvalue weighted by Crippen LogP contribution is 2.15. The van der Waals surface area contributed by atoms with Crippen molar-refractivity contribution in [2.45, 2.75) is 91.0 Å². The highest BCUT2D eigenvalue weighted by molar-refractivity contribution is 7.80. The van der Waals surface area contributed by atoms with E-state index in [9.17, 15) is 13.2 Å². The molecule has 0 aromatic carbocycles. The standard InChI is InChI=1S/C19H41N2O.CH4O4S/c1-5-7-8-9-10-11-12-13-14-15-19(22)18(3)21(4,6-2)17-16-20;1-5-6(2,3)4/h18H,5-17,20H2,1-4H3;1H3,(H,2,3,4)/q+1;. The quantitative estimate of drug-likeness (QED) is 0.222. The average molecular weight is 426 g/mol. The van der Waals surface area contributed by atoms with Gasteiger partial charge in [0.05, 0.1) is 27.2 Å². The number of rotatable bonds is 16. The van der Waals surface area contributed by atoms with E-state index in [0.29, 0.717) is 12.3 Å². The van der Waals surface area contributed by atoms with E-state index in [1.165, 1.54) is 51.4 Å². The summed E-state index contributed by atoms with van der Waals surface area (Å²) in [6.07, 6.45) is 12.5. The maximum Gasteiger partial charge on any atom is 0.397 e. The first-order chi connectivity index (χ1) is 13.1. The number of carbonyl (C=O) groups is 1. The number of ketones is 1. The van der Waals surface area contributed by atoms with E-state index in [1.807, 2.05) is 0 Å². The van der Waals surface area contributed by atoms with Crippen molar-refractivity contribution in [1.82, 2.24) is 0 Å². The van der Waals surface area contributed by atoms with Crippen LogP contribution in [0.1, 0.15) is 85.0 Å². The molecule has 0 aliphatic carbocycles. The monoisotopic (exact) mass is 425 g/mol. The summed E-state index contributed by atoms with van der Waals surface area (Å²) >= 11 is 0. The number of Topliss-reactive ketones (excluding diaryl/α,β-unsaturated/α-hetero) is 1. The molecular weight excluding hydrogens is 380 g/mol. The third-order valence-corrected chi connectivity index (χ3v) is 5.92. The van der Waals surface area contributed by atoms with Crippen LogP contribution in [0.25, 0.3) is 0 Å². The predicted molar refractivity (Wildman–Crippen MR) is 116 cm³/mol. The second-order valence-electron chi connectivity index (χ2n) is 7.62. The van der Waals surface area contributed by atoms with Crippen molar-refractivity contribution in [3.05, 3.63) is 0 Å². The number of nitrogens with two attached hydrogens (primary N) is 1. The van der Waals surface area contributed by atoms with Crippen molar-refractivity contribution < 1.29 is 26.4 Å². The van der Waals surface area contributed by atoms with E-state index in [1.54, 1.807) is 0 Å². The minimum Gasteiger partial charge on any atom is -0.326 e. The zero-order valence-corrected chi connectivity index (χ0v) is 19.6. The van der Waals surface area contributed by atoms with Crippen molar-refractivity contribution in [2.24, 2.45) is 5.73 Å². The van der Waals surface area contributed by atoms with Gasteiger partial charge in [-0.25, -0.2) is 0 Å². The smallest absolute Gasteiger partial charge is 0.326 e. The molecule has 0 rings (SSSR count). The number of hydrogen-bond donors (Lipinski definition) is 2. The Kier molecular flexibility index (Phi) is 18.4. The van der Waals surface area contributed by atoms with Crippen LogP contribution in [0.2, 0.25) is 0 Å². The summed E-state index contributed by atoms with van der Waals surface area (Å²) in [5.74, 6) is 0.417. The highest BCUT2D eigenvalue weighted by atomic mass is 32.3. The van der Waals surface area contributed by atoms with Crippen LogP contribution in [0.15, 0.2) is 0 Å². The fraction of sp³-hybridized carbons (Fsp3) is 0.950. The minimum absolute atomic E-state index is 0.0857. The zero-order valence-electron chi connectivity index (χ0n) is 18.8. The molecule has 0 bridgehead atoms. The Morgan fingerprint density at radius 1 is 1.04 bits per heavy atom. The first-order valence-corrected chi connectivity index (χ1v) is 12.0. The van der Waals surface area contributed by atoms with Gasteiger partial charge in [-0.15, -0.1) is 0 Å². The first-order valence-electron chi connectivity index (χ1n) is 10.7. The normalized spacial score (nSPS) is 14.7. The summed E-state index contributed by atoms with van der Waals surface area (Å²) in [6.45, 7) is 9.00. The highest BCUT2D eigenvalue weighted by Gasteiger charge is 2.31. The molecule has 170 valence electrons. The lowest BCUT2D eigenvalue weighted by molar-refractivity contribution is -0.919. The lowest BCUT2D eigenvalue weighted by Gasteiger charge is -2.38. The van der Waals surface area contributed by atoms with Gasteiger partial charge in [-0.05, 0) is 20.3 Å². The molecule has 7 nitrogen and oxygen atoms in total. The molecule has 0 fully saturated rings. The van der Waals surface area contributed by atoms with Gasteiger partial charge >= 0.3 is 10.4 Å². The molecule has 0 aliphatic heterocycles. The number of likely N-dealkylation sites (N-methyl/N-ethyl adjacent to an activating group) is 1. The van der Waals surface area contributed by atoms with Gasteiger partial charge in [0.15, 0.2) is 5.78 Å². The van der Waals surface area contributed by atoms with Gasteiger partial charge in [-0.2, -0.15) is 8.42 Å². The van der Waals surface area contributed by atoms with Gasteiger partial charge in [-0.3, -0.25) is 13.5 Å². The van der Waals surface area contributed by atoms with E-state index in [-0.39, 0.29) is 6.04 Å². The Hall–Kier alpha value is -0.540. The number of nitrogens with zero attached hydrogens (tertiary/aromatic N) is 1. The first kappa shape index (κ1) is 29.7. The molecule has 0 aromatic rings. The fourth-order valence-electron chi connectivity index (χ4n) is 3.09. The Morgan fingerprint density at radius 2 is 1.46 bits per heavy atom. The minimum atomic E-state index is -4.16. The second kappa shape index (κ2) is 17.3. The molecule has 0 amide bonds. The van der Waals surface area contributed by atoms with E-state index in [2.05, 4.69) is 32.0 Å². The van der Waals surface area contributed by atoms with Crippen molar-refractivity contribution >= 4 is 16.2 Å². The molecule has 0 spiro atoms. The molecule has 0 heterocycles. The van der Waals surface area contributed by atoms with Crippen LogP contribution in [0, 0.1) is 0 Å². The van der Waals surface area contributed by atoms with Gasteiger partial charge in [-0.1, -0.05) is 58.3 Å². The molecule has 0 saturated carbocycles. The topological polar surface area (TPSA) is 107 Å². The van der Waals surface area contributed by atoms with Crippen molar-refractivity contribution in [3.8, 4) is 0 Å². The molecule has 28 heavy (non-hydrogen) atoms. The van der Waals surface area contributed by atoms with E-state index >= 15 is 0 Å². The van der Waals surface area contributed by atoms with Crippen LogP contribution < -0.4 is 5.73 Å². The number of quaternary nitrogens is 1. The third-order valence-electron chi connectivity index (χ3n) is 5.50. The molecule has 3 N–H and O–H groups in total. The largest absolute Gasteiger partial charge is 0.397 e. The van der Waals surface area contributed by atoms with Gasteiger partial charge in [0.2, 0.25) is 0 Å². The Morgan fingerprint density at radius 3 is 1.82 bits per heavy atom. The Balaban J connectivity index is 0. The summed E-state index contributed by atoms with van der Waals surface area (Å²) < 4.78 is 30.5. The molecule has 0 aliphatic rings. The molecule has 2 atom stereocenters. The average Bonchev–Trinajstić information content (AvgIpc) is 2.65. The summed E-state index contributed by atoms with van der Waals surface area (Å²) in [5.41, 5.74) is 5.70. The van der Waals surface area contributed by atoms with Crippen molar-refractivity contribution in [1.29, 1.82) is 0 Å². The fourth-order valence-corrected chi connectivity index (χ4v) is 3.09. The van der Waals surface area contributed by atoms with Crippen LogP contribution in [0.5, 0.6) is 0 Å². The van der Waals surface area contributed by atoms with Crippen molar-refractivity contribution in [3.63, 3.8) is 0 Å². The van der Waals surface area contributed by atoms with Gasteiger partial charge in [0.25, 0.3) is 0 Å². The third kappa shape index (κ3) is 16.4. The number of hydrogen-bond acceptors (Lipinski definition) is 5. The molecule has 0 saturated heterocycles. The van der Waals surface area contributed by atoms with Gasteiger partial charge in [0.1, 0.15) is 6.04 Å². The van der Waals surface area contributed by atoms with Crippen LogP contribution in [-0.4, -0.2) is 63.1 Å². The second-order valence-corrected chi connectivity index (χ2v) is 8.81. The summed E-state index contributed by atoms with van der Waals surface area (Å²) in [6, 6.07) is 0.0857. The molecular formula is C20H45N2O5S+. The molecule has 8 heteroatoms. The van der Waals surface area contributed by atoms with Gasteiger partial charge < -0.3 is 10.2 Å². The predicted octanol–water partition coefficient (Wildman–Crippen LogP) is 3.73. The Bertz CT molecular complexity index is 485. The van der Waals surface area contributed by atoms with Gasteiger partial charge in [0, 0.05) is 13.0 Å².